The third-order valence-electron chi connectivity index (χ3n) is 9.11. The standard InChI is InChI=1S/C35H64O7/c1-3-4-5-6-7-8-9-10-11-12-13-17-20-33-32(39)23-24-34(42-33)31(38)22-21-29(36)18-15-14-16-19-30(37)26-28-25-27(2)41-35(28)40/h25,27,29-34,36-39H,3-24,26H2,1-2H3/t27-,29+,30-,31-,32+,33+,34+/m0/s1. The minimum atomic E-state index is -0.619. The maximum Gasteiger partial charge on any atom is 0.334 e. The average Bonchev–Trinajstić information content (AvgIpc) is 3.28. The molecule has 2 heterocycles. The van der Waals surface area contributed by atoms with Crippen molar-refractivity contribution >= 4 is 5.97 Å². The van der Waals surface area contributed by atoms with Gasteiger partial charge in [0.25, 0.3) is 0 Å². The van der Waals surface area contributed by atoms with Gasteiger partial charge in [-0.2, -0.15) is 0 Å². The smallest absolute Gasteiger partial charge is 0.334 e. The van der Waals surface area contributed by atoms with E-state index in [1.54, 1.807) is 6.08 Å². The highest BCUT2D eigenvalue weighted by Crippen LogP contribution is 2.28. The quantitative estimate of drug-likeness (QED) is 0.0658. The van der Waals surface area contributed by atoms with Crippen LogP contribution in [0.3, 0.4) is 0 Å². The van der Waals surface area contributed by atoms with Crippen LogP contribution >= 0.6 is 0 Å². The van der Waals surface area contributed by atoms with E-state index in [-0.39, 0.29) is 24.3 Å². The van der Waals surface area contributed by atoms with Crippen LogP contribution in [-0.2, 0) is 14.3 Å². The summed E-state index contributed by atoms with van der Waals surface area (Å²) >= 11 is 0. The highest BCUT2D eigenvalue weighted by molar-refractivity contribution is 5.90. The van der Waals surface area contributed by atoms with Gasteiger partial charge in [-0.15, -0.1) is 0 Å². The highest BCUT2D eigenvalue weighted by Gasteiger charge is 2.33. The molecular formula is C35H64O7. The zero-order valence-corrected chi connectivity index (χ0v) is 26.9. The summed E-state index contributed by atoms with van der Waals surface area (Å²) in [6, 6.07) is 0. The number of esters is 1. The molecule has 7 heteroatoms. The number of rotatable bonds is 25. The first kappa shape index (κ1) is 37.2. The zero-order chi connectivity index (χ0) is 30.6. The maximum atomic E-state index is 11.7. The van der Waals surface area contributed by atoms with Crippen LogP contribution < -0.4 is 0 Å². The van der Waals surface area contributed by atoms with Crippen LogP contribution in [0.2, 0.25) is 0 Å². The first-order valence-electron chi connectivity index (χ1n) is 17.6. The molecule has 0 amide bonds. The predicted molar refractivity (Wildman–Crippen MR) is 168 cm³/mol. The van der Waals surface area contributed by atoms with E-state index in [9.17, 15) is 25.2 Å². The second-order valence-corrected chi connectivity index (χ2v) is 13.1. The Hall–Kier alpha value is -0.990. The molecule has 0 aromatic carbocycles. The summed E-state index contributed by atoms with van der Waals surface area (Å²) < 4.78 is 11.2. The fourth-order valence-corrected chi connectivity index (χ4v) is 6.40. The molecule has 7 nitrogen and oxygen atoms in total. The Morgan fingerprint density at radius 2 is 1.33 bits per heavy atom. The van der Waals surface area contributed by atoms with E-state index in [1.165, 1.54) is 70.6 Å². The summed E-state index contributed by atoms with van der Waals surface area (Å²) in [6.07, 6.45) is 22.1. The number of cyclic esters (lactones) is 1. The molecule has 7 atom stereocenters. The van der Waals surface area contributed by atoms with Crippen molar-refractivity contribution in [2.45, 2.75) is 204 Å². The van der Waals surface area contributed by atoms with Gasteiger partial charge in [0.05, 0.1) is 36.6 Å². The van der Waals surface area contributed by atoms with Crippen molar-refractivity contribution in [1.29, 1.82) is 0 Å². The van der Waals surface area contributed by atoms with Gasteiger partial charge in [0.15, 0.2) is 0 Å². The van der Waals surface area contributed by atoms with Gasteiger partial charge in [-0.1, -0.05) is 103 Å². The van der Waals surface area contributed by atoms with Gasteiger partial charge in [-0.05, 0) is 57.9 Å². The van der Waals surface area contributed by atoms with Gasteiger partial charge in [0.2, 0.25) is 0 Å². The van der Waals surface area contributed by atoms with Crippen LogP contribution in [0.5, 0.6) is 0 Å². The summed E-state index contributed by atoms with van der Waals surface area (Å²) in [7, 11) is 0. The SMILES string of the molecule is CCCCCCCCCCCCCC[C@H]1O[C@@H]([C@@H](O)CC[C@H](O)CCCCC[C@H](O)CC2=C[C@H](C)OC2=O)CC[C@H]1O. The molecule has 0 radical (unpaired) electrons. The summed E-state index contributed by atoms with van der Waals surface area (Å²) in [5.41, 5.74) is 0.566. The molecule has 0 unspecified atom stereocenters. The first-order valence-corrected chi connectivity index (χ1v) is 17.6. The van der Waals surface area contributed by atoms with E-state index in [2.05, 4.69) is 6.92 Å². The second-order valence-electron chi connectivity index (χ2n) is 13.1. The Balaban J connectivity index is 1.47. The van der Waals surface area contributed by atoms with Crippen molar-refractivity contribution in [2.75, 3.05) is 0 Å². The minimum Gasteiger partial charge on any atom is -0.455 e. The van der Waals surface area contributed by atoms with Crippen molar-refractivity contribution in [3.05, 3.63) is 11.6 Å². The Labute approximate surface area is 256 Å². The topological polar surface area (TPSA) is 116 Å². The second kappa shape index (κ2) is 22.5. The Bertz CT molecular complexity index is 726. The van der Waals surface area contributed by atoms with Crippen molar-refractivity contribution in [3.8, 4) is 0 Å². The third-order valence-corrected chi connectivity index (χ3v) is 9.11. The number of hydrogen-bond donors (Lipinski definition) is 4. The van der Waals surface area contributed by atoms with Crippen LogP contribution in [0.1, 0.15) is 162 Å². The fraction of sp³-hybridized carbons (Fsp3) is 0.914. The molecule has 0 saturated carbocycles. The lowest BCUT2D eigenvalue weighted by molar-refractivity contribution is -0.156. The van der Waals surface area contributed by atoms with E-state index in [4.69, 9.17) is 9.47 Å². The molecule has 0 bridgehead atoms. The fourth-order valence-electron chi connectivity index (χ4n) is 6.40. The number of ether oxygens (including phenoxy) is 2. The summed E-state index contributed by atoms with van der Waals surface area (Å²) in [5.74, 6) is -0.322. The molecule has 0 aliphatic carbocycles. The molecule has 2 aliphatic rings. The number of aliphatic hydroxyl groups is 4. The van der Waals surface area contributed by atoms with Crippen LogP contribution in [-0.4, -0.2) is 69.1 Å². The Kier molecular flexibility index (Phi) is 19.9. The normalized spacial score (nSPS) is 24.8. The Morgan fingerprint density at radius 3 is 1.93 bits per heavy atom. The molecular weight excluding hydrogens is 532 g/mol. The van der Waals surface area contributed by atoms with Crippen LogP contribution in [0.25, 0.3) is 0 Å². The molecule has 246 valence electrons. The molecule has 2 aliphatic heterocycles. The lowest BCUT2D eigenvalue weighted by Crippen LogP contribution is -2.44. The van der Waals surface area contributed by atoms with E-state index in [0.717, 1.165) is 32.1 Å². The average molecular weight is 597 g/mol. The first-order chi connectivity index (χ1) is 20.3. The van der Waals surface area contributed by atoms with E-state index in [1.807, 2.05) is 6.92 Å². The van der Waals surface area contributed by atoms with Crippen molar-refractivity contribution in [2.24, 2.45) is 0 Å². The molecule has 0 aromatic rings. The highest BCUT2D eigenvalue weighted by atomic mass is 16.5. The van der Waals surface area contributed by atoms with Crippen molar-refractivity contribution in [3.63, 3.8) is 0 Å². The largest absolute Gasteiger partial charge is 0.455 e. The summed E-state index contributed by atoms with van der Waals surface area (Å²) in [6.45, 7) is 4.07. The zero-order valence-electron chi connectivity index (χ0n) is 26.9. The molecule has 1 fully saturated rings. The molecule has 4 N–H and O–H groups in total. The van der Waals surface area contributed by atoms with Gasteiger partial charge in [-0.3, -0.25) is 0 Å². The number of unbranched alkanes of at least 4 members (excludes halogenated alkanes) is 13. The number of carbonyl (C=O) groups excluding carboxylic acids is 1. The van der Waals surface area contributed by atoms with E-state index in [0.29, 0.717) is 50.5 Å². The minimum absolute atomic E-state index is 0.194. The summed E-state index contributed by atoms with van der Waals surface area (Å²) in [4.78, 5) is 11.7. The van der Waals surface area contributed by atoms with Gasteiger partial charge in [0, 0.05) is 12.0 Å². The monoisotopic (exact) mass is 596 g/mol. The van der Waals surface area contributed by atoms with E-state index >= 15 is 0 Å². The lowest BCUT2D eigenvalue weighted by atomic mass is 9.92. The molecule has 0 spiro atoms. The van der Waals surface area contributed by atoms with Crippen LogP contribution in [0.15, 0.2) is 11.6 Å². The molecule has 1 saturated heterocycles. The predicted octanol–water partition coefficient (Wildman–Crippen LogP) is 7.06. The van der Waals surface area contributed by atoms with Gasteiger partial charge < -0.3 is 29.9 Å². The Morgan fingerprint density at radius 1 is 0.762 bits per heavy atom. The van der Waals surface area contributed by atoms with Crippen LogP contribution in [0.4, 0.5) is 0 Å². The molecule has 42 heavy (non-hydrogen) atoms. The number of aliphatic hydroxyl groups excluding tert-OH is 4. The molecule has 2 rings (SSSR count). The lowest BCUT2D eigenvalue weighted by Gasteiger charge is -2.36. The van der Waals surface area contributed by atoms with Gasteiger partial charge >= 0.3 is 5.97 Å². The number of carbonyl (C=O) groups is 1. The number of hydrogen-bond acceptors (Lipinski definition) is 7. The molecule has 0 aromatic heterocycles. The third kappa shape index (κ3) is 16.2. The van der Waals surface area contributed by atoms with Gasteiger partial charge in [0.1, 0.15) is 6.10 Å². The van der Waals surface area contributed by atoms with Crippen molar-refractivity contribution < 1.29 is 34.7 Å². The van der Waals surface area contributed by atoms with Crippen molar-refractivity contribution in [1.82, 2.24) is 0 Å². The van der Waals surface area contributed by atoms with Crippen LogP contribution in [0, 0.1) is 0 Å². The van der Waals surface area contributed by atoms with E-state index < -0.39 is 24.4 Å². The maximum absolute atomic E-state index is 11.7. The van der Waals surface area contributed by atoms with Gasteiger partial charge in [-0.25, -0.2) is 4.79 Å². The summed E-state index contributed by atoms with van der Waals surface area (Å²) in [5, 5.41) is 41.8.